The molecule has 0 saturated carbocycles. The average molecular weight is 419 g/mol. The van der Waals surface area contributed by atoms with E-state index >= 15 is 0 Å². The lowest BCUT2D eigenvalue weighted by molar-refractivity contribution is -0.148. The van der Waals surface area contributed by atoms with Crippen LogP contribution in [-0.2, 0) is 15.7 Å². The smallest absolute Gasteiger partial charge is 0.417 e. The Morgan fingerprint density at radius 1 is 1.25 bits per heavy atom. The maximum absolute atomic E-state index is 12.6. The third kappa shape index (κ3) is 4.61. The lowest BCUT2D eigenvalue weighted by Gasteiger charge is -2.26. The van der Waals surface area contributed by atoms with Crippen LogP contribution < -0.4 is 10.5 Å². The van der Waals surface area contributed by atoms with Crippen LogP contribution in [0, 0.1) is 0 Å². The number of hydrogen-bond acceptors (Lipinski definition) is 6. The molecule has 0 aliphatic heterocycles. The summed E-state index contributed by atoms with van der Waals surface area (Å²) in [5, 5.41) is 3.65. The summed E-state index contributed by atoms with van der Waals surface area (Å²) in [4.78, 5) is 29.6. The summed E-state index contributed by atoms with van der Waals surface area (Å²) in [6.45, 7) is 4.98. The van der Waals surface area contributed by atoms with E-state index in [1.165, 1.54) is 18.1 Å². The van der Waals surface area contributed by atoms with Gasteiger partial charge in [-0.15, -0.1) is 0 Å². The van der Waals surface area contributed by atoms with Crippen LogP contribution in [0.4, 0.5) is 18.9 Å². The van der Waals surface area contributed by atoms with Gasteiger partial charge in [-0.3, -0.25) is 4.79 Å². The predicted octanol–water partition coefficient (Wildman–Crippen LogP) is 3.08. The van der Waals surface area contributed by atoms with Gasteiger partial charge in [0.05, 0.1) is 23.6 Å². The zero-order valence-electron chi connectivity index (χ0n) is 15.5. The van der Waals surface area contributed by atoms with Gasteiger partial charge in [0.15, 0.2) is 5.82 Å². The Bertz CT molecular complexity index is 913. The van der Waals surface area contributed by atoms with Gasteiger partial charge in [0.2, 0.25) is 0 Å². The Hall–Kier alpha value is -2.62. The van der Waals surface area contributed by atoms with Crippen LogP contribution in [0.3, 0.4) is 0 Å². The van der Waals surface area contributed by atoms with E-state index < -0.39 is 29.3 Å². The van der Waals surface area contributed by atoms with E-state index in [4.69, 9.17) is 16.3 Å². The number of carbonyl (C=O) groups excluding carboxylic acids is 1. The molecule has 0 aliphatic rings. The van der Waals surface area contributed by atoms with Crippen LogP contribution in [-0.4, -0.2) is 39.9 Å². The second kappa shape index (κ2) is 8.17. The molecule has 28 heavy (non-hydrogen) atoms. The van der Waals surface area contributed by atoms with Crippen LogP contribution >= 0.6 is 11.6 Å². The highest BCUT2D eigenvalue weighted by Gasteiger charge is 2.31. The molecule has 0 saturated heterocycles. The fraction of sp³-hybridized carbons (Fsp3) is 0.412. The van der Waals surface area contributed by atoms with Crippen LogP contribution in [0.5, 0.6) is 0 Å². The highest BCUT2D eigenvalue weighted by Crippen LogP contribution is 2.29. The number of hydrogen-bond donors (Lipinski definition) is 0. The van der Waals surface area contributed by atoms with Crippen LogP contribution in [0.1, 0.15) is 26.3 Å². The number of carbonyl (C=O) groups is 1. The Morgan fingerprint density at radius 3 is 2.39 bits per heavy atom. The minimum absolute atomic E-state index is 0.124. The monoisotopic (exact) mass is 418 g/mol. The molecule has 1 unspecified atom stereocenters. The first-order chi connectivity index (χ1) is 12.9. The van der Waals surface area contributed by atoms with E-state index in [0.29, 0.717) is 6.20 Å². The van der Waals surface area contributed by atoms with Crippen molar-refractivity contribution in [3.63, 3.8) is 0 Å². The quantitative estimate of drug-likeness (QED) is 0.694. The second-order valence-corrected chi connectivity index (χ2v) is 6.61. The number of nitrogens with zero attached hydrogens (tertiary/aromatic N) is 4. The minimum atomic E-state index is -4.55. The zero-order chi connectivity index (χ0) is 21.2. The number of pyridine rings is 1. The van der Waals surface area contributed by atoms with Gasteiger partial charge in [-0.25, -0.2) is 9.78 Å². The topological polar surface area (TPSA) is 77.3 Å². The maximum Gasteiger partial charge on any atom is 0.417 e. The molecule has 0 bridgehead atoms. The molecule has 0 spiro atoms. The summed E-state index contributed by atoms with van der Waals surface area (Å²) in [6, 6.07) is 1.05. The number of alkyl halides is 3. The van der Waals surface area contributed by atoms with Gasteiger partial charge in [0, 0.05) is 13.2 Å². The molecule has 0 fully saturated rings. The zero-order valence-corrected chi connectivity index (χ0v) is 16.2. The minimum Gasteiger partial charge on any atom is -0.461 e. The Balaban J connectivity index is 2.35. The Morgan fingerprint density at radius 2 is 1.89 bits per heavy atom. The van der Waals surface area contributed by atoms with Crippen molar-refractivity contribution in [3.8, 4) is 5.82 Å². The molecule has 2 aromatic heterocycles. The van der Waals surface area contributed by atoms with Gasteiger partial charge in [-0.2, -0.15) is 23.0 Å². The van der Waals surface area contributed by atoms with E-state index in [1.807, 2.05) is 0 Å². The van der Waals surface area contributed by atoms with Gasteiger partial charge in [0.25, 0.3) is 5.56 Å². The normalized spacial score (nSPS) is 12.8. The molecule has 152 valence electrons. The lowest BCUT2D eigenvalue weighted by Crippen LogP contribution is -2.39. The van der Waals surface area contributed by atoms with Crippen molar-refractivity contribution in [3.05, 3.63) is 45.5 Å². The molecule has 11 heteroatoms. The van der Waals surface area contributed by atoms with Crippen molar-refractivity contribution in [1.29, 1.82) is 0 Å². The number of aromatic nitrogens is 3. The summed E-state index contributed by atoms with van der Waals surface area (Å²) < 4.78 is 43.8. The van der Waals surface area contributed by atoms with Crippen molar-refractivity contribution in [2.75, 3.05) is 11.9 Å². The van der Waals surface area contributed by atoms with Crippen molar-refractivity contribution < 1.29 is 22.7 Å². The number of likely N-dealkylation sites (N-methyl/N-ethyl adjacent to an activating group) is 1. The SMILES string of the molecule is CC(C)OC(=O)C(C)N(C)c1cnn(-c2ccc(C(F)(F)F)cn2)c(=O)c1Cl. The maximum atomic E-state index is 12.6. The second-order valence-electron chi connectivity index (χ2n) is 6.24. The average Bonchev–Trinajstić information content (AvgIpc) is 2.61. The Labute approximate surface area is 163 Å². The largest absolute Gasteiger partial charge is 0.461 e. The number of rotatable bonds is 5. The van der Waals surface area contributed by atoms with E-state index in [9.17, 15) is 22.8 Å². The van der Waals surface area contributed by atoms with Gasteiger partial charge in [-0.1, -0.05) is 11.6 Å². The molecule has 2 heterocycles. The van der Waals surface area contributed by atoms with Gasteiger partial charge >= 0.3 is 12.1 Å². The van der Waals surface area contributed by atoms with Crippen molar-refractivity contribution >= 4 is 23.3 Å². The third-order valence-corrected chi connectivity index (χ3v) is 4.20. The van der Waals surface area contributed by atoms with Crippen molar-refractivity contribution in [1.82, 2.24) is 14.8 Å². The highest BCUT2D eigenvalue weighted by atomic mass is 35.5. The van der Waals surface area contributed by atoms with Crippen LogP contribution in [0.25, 0.3) is 5.82 Å². The lowest BCUT2D eigenvalue weighted by atomic mass is 10.2. The summed E-state index contributed by atoms with van der Waals surface area (Å²) in [5.74, 6) is -0.636. The van der Waals surface area contributed by atoms with E-state index in [1.54, 1.807) is 20.8 Å². The number of ether oxygens (including phenoxy) is 1. The first-order valence-corrected chi connectivity index (χ1v) is 8.56. The van der Waals surface area contributed by atoms with Crippen LogP contribution in [0.2, 0.25) is 5.02 Å². The molecule has 0 amide bonds. The summed E-state index contributed by atoms with van der Waals surface area (Å²) >= 11 is 6.13. The first-order valence-electron chi connectivity index (χ1n) is 8.18. The molecule has 2 rings (SSSR count). The van der Waals surface area contributed by atoms with E-state index in [-0.39, 0.29) is 22.6 Å². The number of esters is 1. The van der Waals surface area contributed by atoms with Gasteiger partial charge in [0.1, 0.15) is 11.1 Å². The van der Waals surface area contributed by atoms with Crippen molar-refractivity contribution in [2.24, 2.45) is 0 Å². The first kappa shape index (κ1) is 21.7. The standard InChI is InChI=1S/C17H18ClF3N4O3/c1-9(2)28-16(27)10(3)24(4)12-8-23-25(15(26)14(12)18)13-6-5-11(7-22-13)17(19,20)21/h5-10H,1-4H3. The van der Waals surface area contributed by atoms with Crippen LogP contribution in [0.15, 0.2) is 29.3 Å². The molecule has 0 radical (unpaired) electrons. The van der Waals surface area contributed by atoms with Gasteiger partial charge < -0.3 is 9.64 Å². The fourth-order valence-corrected chi connectivity index (χ4v) is 2.47. The molecule has 0 N–H and O–H groups in total. The molecular weight excluding hydrogens is 401 g/mol. The molecule has 1 atom stereocenters. The molecular formula is C17H18ClF3N4O3. The van der Waals surface area contributed by atoms with E-state index in [0.717, 1.165) is 16.8 Å². The fourth-order valence-electron chi connectivity index (χ4n) is 2.21. The molecule has 2 aromatic rings. The highest BCUT2D eigenvalue weighted by molar-refractivity contribution is 6.33. The summed E-state index contributed by atoms with van der Waals surface area (Å²) in [6.07, 6.45) is -3.03. The molecule has 0 aliphatic carbocycles. The molecule has 7 nitrogen and oxygen atoms in total. The van der Waals surface area contributed by atoms with E-state index in [2.05, 4.69) is 10.1 Å². The third-order valence-electron chi connectivity index (χ3n) is 3.85. The number of anilines is 1. The summed E-state index contributed by atoms with van der Waals surface area (Å²) in [7, 11) is 1.54. The predicted molar refractivity (Wildman–Crippen MR) is 96.7 cm³/mol. The molecule has 0 aromatic carbocycles. The Kier molecular flexibility index (Phi) is 6.33. The number of halogens is 4. The van der Waals surface area contributed by atoms with Crippen molar-refractivity contribution in [2.45, 2.75) is 39.1 Å². The summed E-state index contributed by atoms with van der Waals surface area (Å²) in [5.41, 5.74) is -1.57. The van der Waals surface area contributed by atoms with Gasteiger partial charge in [-0.05, 0) is 32.9 Å².